The molecule has 0 heterocycles. The van der Waals surface area contributed by atoms with Crippen LogP contribution in [-0.2, 0) is 6.42 Å². The Hall–Kier alpha value is -1.04. The minimum Gasteiger partial charge on any atom is -0.0912 e. The van der Waals surface area contributed by atoms with Gasteiger partial charge in [-0.05, 0) is 22.4 Å². The molecule has 0 N–H and O–H groups in total. The van der Waals surface area contributed by atoms with E-state index in [0.29, 0.717) is 0 Å². The smallest absolute Gasteiger partial charge is 0.0259 e. The molecule has 0 unspecified atom stereocenters. The molecule has 0 fully saturated rings. The van der Waals surface area contributed by atoms with Crippen LogP contribution in [0.5, 0.6) is 0 Å². The third kappa shape index (κ3) is 1.27. The van der Waals surface area contributed by atoms with E-state index < -0.39 is 0 Å². The molecular weight excluding hydrogens is 120 g/mol. The lowest BCUT2D eigenvalue weighted by Crippen LogP contribution is -2.20. The van der Waals surface area contributed by atoms with Crippen LogP contribution >= 0.6 is 0 Å². The van der Waals surface area contributed by atoms with Crippen LogP contribution < -0.4 is 10.4 Å². The Kier molecular flexibility index (Phi) is 1.91. The Labute approximate surface area is 61.5 Å². The minimum absolute atomic E-state index is 1.03. The van der Waals surface area contributed by atoms with Gasteiger partial charge in [0, 0.05) is 0 Å². The maximum absolute atomic E-state index is 3.87. The molecule has 0 aliphatic rings. The Morgan fingerprint density at radius 3 is 2.40 bits per heavy atom. The fourth-order valence-electron chi connectivity index (χ4n) is 0.899. The van der Waals surface area contributed by atoms with Gasteiger partial charge in [0.05, 0.1) is 0 Å². The number of hydrogen-bond acceptors (Lipinski definition) is 0. The monoisotopic (exact) mass is 132 g/mol. The first-order valence-electron chi connectivity index (χ1n) is 3.51. The molecule has 0 bridgehead atoms. The highest BCUT2D eigenvalue weighted by Gasteiger charge is 1.85. The van der Waals surface area contributed by atoms with E-state index in [0.717, 1.165) is 16.9 Å². The van der Waals surface area contributed by atoms with Crippen molar-refractivity contribution >= 4 is 13.2 Å². The van der Waals surface area contributed by atoms with E-state index in [-0.39, 0.29) is 0 Å². The molecule has 0 amide bonds. The van der Waals surface area contributed by atoms with E-state index in [1.54, 1.807) is 0 Å². The average molecular weight is 132 g/mol. The summed E-state index contributed by atoms with van der Waals surface area (Å²) in [6, 6.07) is 6.19. The van der Waals surface area contributed by atoms with Gasteiger partial charge in [0.2, 0.25) is 0 Å². The first-order valence-corrected chi connectivity index (χ1v) is 3.51. The van der Waals surface area contributed by atoms with Gasteiger partial charge in [0.25, 0.3) is 0 Å². The highest BCUT2D eigenvalue weighted by molar-refractivity contribution is 5.22. The summed E-state index contributed by atoms with van der Waals surface area (Å²) < 4.78 is 0. The predicted octanol–water partition coefficient (Wildman–Crippen LogP) is 1.07. The van der Waals surface area contributed by atoms with E-state index in [4.69, 9.17) is 0 Å². The molecule has 0 atom stereocenters. The van der Waals surface area contributed by atoms with Gasteiger partial charge in [-0.1, -0.05) is 38.3 Å². The van der Waals surface area contributed by atoms with Crippen molar-refractivity contribution in [1.82, 2.24) is 0 Å². The van der Waals surface area contributed by atoms with Gasteiger partial charge >= 0.3 is 0 Å². The van der Waals surface area contributed by atoms with Gasteiger partial charge in [0.1, 0.15) is 0 Å². The fourth-order valence-corrected chi connectivity index (χ4v) is 0.899. The second-order valence-corrected chi connectivity index (χ2v) is 2.46. The maximum Gasteiger partial charge on any atom is -0.0259 e. The number of benzene rings is 1. The van der Waals surface area contributed by atoms with Crippen molar-refractivity contribution in [3.8, 4) is 0 Å². The zero-order valence-electron chi connectivity index (χ0n) is 6.35. The van der Waals surface area contributed by atoms with Gasteiger partial charge in [-0.3, -0.25) is 0 Å². The standard InChI is InChI=1S/C10H12/c1-4-10-6-5-8(2)9(3)7-10/h5-7H,2-4H2,1H3. The fraction of sp³-hybridized carbons (Fsp3) is 0.200. The lowest BCUT2D eigenvalue weighted by atomic mass is 10.1. The van der Waals surface area contributed by atoms with Crippen LogP contribution in [0, 0.1) is 0 Å². The minimum atomic E-state index is 1.03. The van der Waals surface area contributed by atoms with Crippen LogP contribution in [0.1, 0.15) is 12.5 Å². The molecule has 0 radical (unpaired) electrons. The summed E-state index contributed by atoms with van der Waals surface area (Å²) in [6.45, 7) is 9.84. The first kappa shape index (κ1) is 7.07. The van der Waals surface area contributed by atoms with Gasteiger partial charge in [0.15, 0.2) is 0 Å². The molecule has 0 heteroatoms. The highest BCUT2D eigenvalue weighted by atomic mass is 13.9. The molecular formula is C10H12. The SMILES string of the molecule is C=c1ccc(CC)cc1=C. The Balaban J connectivity index is 3.31. The summed E-state index contributed by atoms with van der Waals surface area (Å²) in [5, 5.41) is 2.07. The van der Waals surface area contributed by atoms with E-state index in [2.05, 4.69) is 32.2 Å². The molecule has 1 aromatic rings. The van der Waals surface area contributed by atoms with Crippen molar-refractivity contribution in [3.05, 3.63) is 34.2 Å². The molecule has 0 nitrogen and oxygen atoms in total. The van der Waals surface area contributed by atoms with E-state index in [1.165, 1.54) is 5.56 Å². The zero-order valence-corrected chi connectivity index (χ0v) is 6.35. The third-order valence-electron chi connectivity index (χ3n) is 1.68. The van der Waals surface area contributed by atoms with Crippen molar-refractivity contribution in [2.45, 2.75) is 13.3 Å². The van der Waals surface area contributed by atoms with E-state index >= 15 is 0 Å². The van der Waals surface area contributed by atoms with Crippen LogP contribution in [0.25, 0.3) is 13.2 Å². The van der Waals surface area contributed by atoms with Gasteiger partial charge in [-0.2, -0.15) is 0 Å². The molecule has 52 valence electrons. The third-order valence-corrected chi connectivity index (χ3v) is 1.68. The second kappa shape index (κ2) is 2.70. The van der Waals surface area contributed by atoms with Crippen LogP contribution in [0.4, 0.5) is 0 Å². The Morgan fingerprint density at radius 2 is 1.90 bits per heavy atom. The molecule has 1 aromatic carbocycles. The van der Waals surface area contributed by atoms with Crippen molar-refractivity contribution in [2.75, 3.05) is 0 Å². The van der Waals surface area contributed by atoms with Crippen molar-refractivity contribution in [1.29, 1.82) is 0 Å². The molecule has 0 saturated heterocycles. The summed E-state index contributed by atoms with van der Waals surface area (Å²) in [6.07, 6.45) is 1.07. The van der Waals surface area contributed by atoms with E-state index in [9.17, 15) is 0 Å². The first-order chi connectivity index (χ1) is 4.74. The van der Waals surface area contributed by atoms with Crippen molar-refractivity contribution < 1.29 is 0 Å². The number of rotatable bonds is 1. The Bertz CT molecular complexity index is 309. The van der Waals surface area contributed by atoms with Gasteiger partial charge in [-0.25, -0.2) is 0 Å². The molecule has 0 spiro atoms. The normalized spacial score (nSPS) is 9.70. The number of aryl methyl sites for hydroxylation is 1. The zero-order chi connectivity index (χ0) is 7.56. The number of hydrogen-bond donors (Lipinski definition) is 0. The molecule has 0 saturated carbocycles. The lowest BCUT2D eigenvalue weighted by Gasteiger charge is -1.93. The predicted molar refractivity (Wildman–Crippen MR) is 46.1 cm³/mol. The van der Waals surface area contributed by atoms with Crippen molar-refractivity contribution in [2.24, 2.45) is 0 Å². The van der Waals surface area contributed by atoms with E-state index in [1.807, 2.05) is 6.07 Å². The highest BCUT2D eigenvalue weighted by Crippen LogP contribution is 1.90. The summed E-state index contributed by atoms with van der Waals surface area (Å²) in [5.74, 6) is 0. The van der Waals surface area contributed by atoms with Crippen LogP contribution in [0.15, 0.2) is 18.2 Å². The quantitative estimate of drug-likeness (QED) is 0.536. The molecule has 1 rings (SSSR count). The second-order valence-electron chi connectivity index (χ2n) is 2.46. The molecule has 0 aromatic heterocycles. The van der Waals surface area contributed by atoms with Crippen LogP contribution in [0.2, 0.25) is 0 Å². The summed E-state index contributed by atoms with van der Waals surface area (Å²) in [7, 11) is 0. The largest absolute Gasteiger partial charge is 0.0912 e. The van der Waals surface area contributed by atoms with Crippen molar-refractivity contribution in [3.63, 3.8) is 0 Å². The maximum atomic E-state index is 3.87. The van der Waals surface area contributed by atoms with Gasteiger partial charge in [-0.15, -0.1) is 0 Å². The average Bonchev–Trinajstić information content (AvgIpc) is 1.95. The lowest BCUT2D eigenvalue weighted by molar-refractivity contribution is 1.13. The Morgan fingerprint density at radius 1 is 1.20 bits per heavy atom. The molecule has 0 aliphatic carbocycles. The van der Waals surface area contributed by atoms with Crippen LogP contribution in [0.3, 0.4) is 0 Å². The molecule has 10 heavy (non-hydrogen) atoms. The molecule has 0 aliphatic heterocycles. The topological polar surface area (TPSA) is 0 Å². The van der Waals surface area contributed by atoms with Gasteiger partial charge < -0.3 is 0 Å². The van der Waals surface area contributed by atoms with Crippen LogP contribution in [-0.4, -0.2) is 0 Å². The summed E-state index contributed by atoms with van der Waals surface area (Å²) in [4.78, 5) is 0. The summed E-state index contributed by atoms with van der Waals surface area (Å²) in [5.41, 5.74) is 1.33. The summed E-state index contributed by atoms with van der Waals surface area (Å²) >= 11 is 0.